The number of hydrogen-bond donors (Lipinski definition) is 3. The number of carbonyl (C=O) groups is 3. The Morgan fingerprint density at radius 2 is 2.15 bits per heavy atom. The third-order valence-corrected chi connectivity index (χ3v) is 2.72. The Balaban J connectivity index is 2.79. The second-order valence-corrected chi connectivity index (χ2v) is 4.36. The molecule has 2 amide bonds. The second-order valence-electron chi connectivity index (χ2n) is 4.36. The molecule has 1 rings (SSSR count). The zero-order valence-electron chi connectivity index (χ0n) is 11.4. The van der Waals surface area contributed by atoms with Gasteiger partial charge in [-0.2, -0.15) is 5.10 Å². The van der Waals surface area contributed by atoms with E-state index in [1.807, 2.05) is 6.92 Å². The highest BCUT2D eigenvalue weighted by Crippen LogP contribution is 2.06. The van der Waals surface area contributed by atoms with Gasteiger partial charge < -0.3 is 16.2 Å². The maximum absolute atomic E-state index is 12.0. The van der Waals surface area contributed by atoms with Crippen LogP contribution in [-0.4, -0.2) is 38.7 Å². The molecule has 0 saturated heterocycles. The predicted octanol–water partition coefficient (Wildman–Crippen LogP) is -0.340. The van der Waals surface area contributed by atoms with Crippen LogP contribution in [-0.2, 0) is 16.1 Å². The first-order valence-corrected chi connectivity index (χ1v) is 6.21. The summed E-state index contributed by atoms with van der Waals surface area (Å²) in [6.45, 7) is 4.06. The molecule has 20 heavy (non-hydrogen) atoms. The van der Waals surface area contributed by atoms with Gasteiger partial charge in [-0.15, -0.1) is 0 Å². The number of nitrogens with two attached hydrogens (primary N) is 1. The van der Waals surface area contributed by atoms with Crippen molar-refractivity contribution >= 4 is 17.8 Å². The Kier molecular flexibility index (Phi) is 5.24. The first-order valence-electron chi connectivity index (χ1n) is 6.21. The molecule has 8 heteroatoms. The Labute approximate surface area is 115 Å². The Bertz CT molecular complexity index is 524. The van der Waals surface area contributed by atoms with Gasteiger partial charge in [0.05, 0.1) is 5.69 Å². The van der Waals surface area contributed by atoms with Crippen LogP contribution >= 0.6 is 0 Å². The third-order valence-electron chi connectivity index (χ3n) is 2.72. The normalized spacial score (nSPS) is 11.9. The fraction of sp³-hybridized carbons (Fsp3) is 0.500. The lowest BCUT2D eigenvalue weighted by atomic mass is 10.1. The minimum Gasteiger partial charge on any atom is -0.480 e. The standard InChI is InChI=1S/C12H18N4O4/c1-3-16-9(6-7(2)15-16)11(18)14-8(12(19)20)4-5-10(13)17/h6,8H,3-5H2,1-2H3,(H2,13,17)(H,14,18)(H,19,20)/t8-/m0/s1. The van der Waals surface area contributed by atoms with Crippen LogP contribution in [0.25, 0.3) is 0 Å². The molecule has 8 nitrogen and oxygen atoms in total. The zero-order chi connectivity index (χ0) is 15.3. The summed E-state index contributed by atoms with van der Waals surface area (Å²) < 4.78 is 1.48. The topological polar surface area (TPSA) is 127 Å². The molecule has 0 radical (unpaired) electrons. The van der Waals surface area contributed by atoms with E-state index in [4.69, 9.17) is 10.8 Å². The van der Waals surface area contributed by atoms with Crippen molar-refractivity contribution in [2.45, 2.75) is 39.3 Å². The van der Waals surface area contributed by atoms with Crippen molar-refractivity contribution in [2.75, 3.05) is 0 Å². The summed E-state index contributed by atoms with van der Waals surface area (Å²) in [6, 6.07) is 0.418. The van der Waals surface area contributed by atoms with E-state index in [1.165, 1.54) is 4.68 Å². The first kappa shape index (κ1) is 15.7. The molecule has 0 aliphatic rings. The van der Waals surface area contributed by atoms with Crippen LogP contribution in [0.5, 0.6) is 0 Å². The van der Waals surface area contributed by atoms with Crippen LogP contribution in [0.3, 0.4) is 0 Å². The number of carbonyl (C=O) groups excluding carboxylic acids is 2. The molecule has 0 aromatic carbocycles. The molecule has 1 atom stereocenters. The Hall–Kier alpha value is -2.38. The smallest absolute Gasteiger partial charge is 0.326 e. The number of amides is 2. The van der Waals surface area contributed by atoms with Gasteiger partial charge >= 0.3 is 5.97 Å². The van der Waals surface area contributed by atoms with Gasteiger partial charge in [-0.25, -0.2) is 4.79 Å². The molecule has 110 valence electrons. The van der Waals surface area contributed by atoms with Gasteiger partial charge in [0.1, 0.15) is 11.7 Å². The van der Waals surface area contributed by atoms with E-state index in [0.717, 1.165) is 0 Å². The molecule has 0 aliphatic heterocycles. The van der Waals surface area contributed by atoms with Gasteiger partial charge in [0.25, 0.3) is 5.91 Å². The highest BCUT2D eigenvalue weighted by molar-refractivity contribution is 5.95. The van der Waals surface area contributed by atoms with Crippen molar-refractivity contribution in [2.24, 2.45) is 5.73 Å². The van der Waals surface area contributed by atoms with Gasteiger partial charge in [-0.3, -0.25) is 14.3 Å². The fourth-order valence-electron chi connectivity index (χ4n) is 1.75. The minimum atomic E-state index is -1.21. The van der Waals surface area contributed by atoms with Gasteiger partial charge in [-0.05, 0) is 26.3 Å². The summed E-state index contributed by atoms with van der Waals surface area (Å²) in [6.07, 6.45) is -0.154. The van der Waals surface area contributed by atoms with Crippen molar-refractivity contribution in [1.82, 2.24) is 15.1 Å². The van der Waals surface area contributed by atoms with Gasteiger partial charge in [0.15, 0.2) is 0 Å². The number of carboxylic acid groups (broad SMARTS) is 1. The number of carboxylic acids is 1. The number of rotatable bonds is 7. The van der Waals surface area contributed by atoms with Gasteiger partial charge in [0, 0.05) is 13.0 Å². The molecule has 0 fully saturated rings. The summed E-state index contributed by atoms with van der Waals surface area (Å²) >= 11 is 0. The van der Waals surface area contributed by atoms with E-state index >= 15 is 0 Å². The number of nitrogens with zero attached hydrogens (tertiary/aromatic N) is 2. The number of primary amides is 1. The van der Waals surface area contributed by atoms with Crippen molar-refractivity contribution in [3.8, 4) is 0 Å². The van der Waals surface area contributed by atoms with Crippen molar-refractivity contribution < 1.29 is 19.5 Å². The highest BCUT2D eigenvalue weighted by atomic mass is 16.4. The van der Waals surface area contributed by atoms with Crippen LogP contribution in [0.1, 0.15) is 35.9 Å². The predicted molar refractivity (Wildman–Crippen MR) is 70.0 cm³/mol. The fourth-order valence-corrected chi connectivity index (χ4v) is 1.75. The molecular formula is C12H18N4O4. The van der Waals surface area contributed by atoms with Crippen LogP contribution in [0.15, 0.2) is 6.07 Å². The quantitative estimate of drug-likeness (QED) is 0.630. The van der Waals surface area contributed by atoms with E-state index in [0.29, 0.717) is 12.2 Å². The average molecular weight is 282 g/mol. The monoisotopic (exact) mass is 282 g/mol. The van der Waals surface area contributed by atoms with E-state index in [-0.39, 0.29) is 18.5 Å². The second kappa shape index (κ2) is 6.69. The number of aryl methyl sites for hydroxylation is 2. The van der Waals surface area contributed by atoms with Gasteiger partial charge in [-0.1, -0.05) is 0 Å². The lowest BCUT2D eigenvalue weighted by Gasteiger charge is -2.14. The zero-order valence-corrected chi connectivity index (χ0v) is 11.4. The summed E-state index contributed by atoms with van der Waals surface area (Å²) in [5.74, 6) is -2.36. The number of hydrogen-bond acceptors (Lipinski definition) is 4. The number of nitrogens with one attached hydrogen (secondary N) is 1. The van der Waals surface area contributed by atoms with Crippen molar-refractivity contribution in [3.05, 3.63) is 17.5 Å². The third kappa shape index (κ3) is 4.08. The Morgan fingerprint density at radius 1 is 1.50 bits per heavy atom. The molecule has 0 spiro atoms. The molecule has 0 bridgehead atoms. The van der Waals surface area contributed by atoms with E-state index in [9.17, 15) is 14.4 Å². The lowest BCUT2D eigenvalue weighted by molar-refractivity contribution is -0.139. The lowest BCUT2D eigenvalue weighted by Crippen LogP contribution is -2.42. The van der Waals surface area contributed by atoms with Crippen molar-refractivity contribution in [3.63, 3.8) is 0 Å². The summed E-state index contributed by atoms with van der Waals surface area (Å²) in [5.41, 5.74) is 5.93. The molecule has 0 aliphatic carbocycles. The average Bonchev–Trinajstić information content (AvgIpc) is 2.74. The summed E-state index contributed by atoms with van der Waals surface area (Å²) in [4.78, 5) is 33.8. The van der Waals surface area contributed by atoms with Crippen LogP contribution in [0, 0.1) is 6.92 Å². The summed E-state index contributed by atoms with van der Waals surface area (Å²) in [7, 11) is 0. The van der Waals surface area contributed by atoms with E-state index < -0.39 is 23.8 Å². The van der Waals surface area contributed by atoms with E-state index in [1.54, 1.807) is 13.0 Å². The molecule has 0 saturated carbocycles. The summed E-state index contributed by atoms with van der Waals surface area (Å²) in [5, 5.41) is 15.5. The van der Waals surface area contributed by atoms with Gasteiger partial charge in [0.2, 0.25) is 5.91 Å². The maximum atomic E-state index is 12.0. The highest BCUT2D eigenvalue weighted by Gasteiger charge is 2.23. The number of aliphatic carboxylic acids is 1. The molecule has 0 unspecified atom stereocenters. The molecule has 1 aromatic rings. The van der Waals surface area contributed by atoms with Crippen molar-refractivity contribution in [1.29, 1.82) is 0 Å². The SMILES string of the molecule is CCn1nc(C)cc1C(=O)N[C@@H](CCC(N)=O)C(=O)O. The molecular weight excluding hydrogens is 264 g/mol. The van der Waals surface area contributed by atoms with Crippen LogP contribution in [0.2, 0.25) is 0 Å². The molecule has 4 N–H and O–H groups in total. The molecule has 1 heterocycles. The van der Waals surface area contributed by atoms with Crippen LogP contribution in [0.4, 0.5) is 0 Å². The van der Waals surface area contributed by atoms with E-state index in [2.05, 4.69) is 10.4 Å². The maximum Gasteiger partial charge on any atom is 0.326 e. The Morgan fingerprint density at radius 3 is 2.65 bits per heavy atom. The minimum absolute atomic E-state index is 0.0460. The van der Waals surface area contributed by atoms with Crippen LogP contribution < -0.4 is 11.1 Å². The first-order chi connectivity index (χ1) is 9.35. The number of aromatic nitrogens is 2. The largest absolute Gasteiger partial charge is 0.480 e. The molecule has 1 aromatic heterocycles.